The molecule has 0 saturated carbocycles. The zero-order valence-corrected chi connectivity index (χ0v) is 15.9. The second kappa shape index (κ2) is 10.3. The molecule has 7 heteroatoms. The molecule has 1 aromatic carbocycles. The van der Waals surface area contributed by atoms with Crippen LogP contribution in [0, 0.1) is 0 Å². The van der Waals surface area contributed by atoms with Gasteiger partial charge < -0.3 is 20.3 Å². The van der Waals surface area contributed by atoms with Gasteiger partial charge in [0.1, 0.15) is 0 Å². The van der Waals surface area contributed by atoms with Crippen LogP contribution in [0.15, 0.2) is 30.3 Å². The molecule has 0 aromatic heterocycles. The van der Waals surface area contributed by atoms with Gasteiger partial charge in [0.15, 0.2) is 0 Å². The third kappa shape index (κ3) is 6.52. The Bertz CT molecular complexity index is 603. The molecule has 3 amide bonds. The van der Waals surface area contributed by atoms with Crippen molar-refractivity contribution in [1.82, 2.24) is 20.4 Å². The number of amides is 3. The lowest BCUT2D eigenvalue weighted by molar-refractivity contribution is -0.124. The highest BCUT2D eigenvalue weighted by Gasteiger charge is 2.23. The van der Waals surface area contributed by atoms with Gasteiger partial charge in [-0.25, -0.2) is 4.79 Å². The van der Waals surface area contributed by atoms with E-state index in [9.17, 15) is 9.59 Å². The molecule has 2 N–H and O–H groups in total. The summed E-state index contributed by atoms with van der Waals surface area (Å²) < 4.78 is 5.97. The van der Waals surface area contributed by atoms with Crippen molar-refractivity contribution in [2.75, 3.05) is 45.8 Å². The van der Waals surface area contributed by atoms with E-state index < -0.39 is 0 Å². The van der Waals surface area contributed by atoms with Crippen molar-refractivity contribution < 1.29 is 14.3 Å². The number of nitrogens with zero attached hydrogens (tertiary/aromatic N) is 2. The number of ether oxygens (including phenoxy) is 1. The van der Waals surface area contributed by atoms with Gasteiger partial charge >= 0.3 is 6.03 Å². The van der Waals surface area contributed by atoms with Gasteiger partial charge in [0.2, 0.25) is 5.91 Å². The number of urea groups is 1. The third-order valence-corrected chi connectivity index (χ3v) is 5.10. The molecule has 2 fully saturated rings. The number of hydrogen-bond donors (Lipinski definition) is 2. The molecule has 0 spiro atoms. The standard InChI is InChI=1S/C20H30N4O3/c25-19-15-23(14-10-21-19)11-4-9-22-20(26)24-12-7-18(8-13-24)27-16-17-5-2-1-3-6-17/h1-3,5-6,18H,4,7-16H2,(H,21,25)(H,22,26). The van der Waals surface area contributed by atoms with Gasteiger partial charge in [0, 0.05) is 39.3 Å². The number of carbonyl (C=O) groups is 2. The molecule has 0 unspecified atom stereocenters. The van der Waals surface area contributed by atoms with E-state index in [0.717, 1.165) is 45.4 Å². The Morgan fingerprint density at radius 2 is 1.96 bits per heavy atom. The van der Waals surface area contributed by atoms with Crippen LogP contribution in [0.25, 0.3) is 0 Å². The smallest absolute Gasteiger partial charge is 0.317 e. The lowest BCUT2D eigenvalue weighted by Gasteiger charge is -2.32. The van der Waals surface area contributed by atoms with Crippen molar-refractivity contribution in [2.45, 2.75) is 32.0 Å². The number of piperazine rings is 1. The maximum atomic E-state index is 12.3. The molecule has 2 aliphatic heterocycles. The summed E-state index contributed by atoms with van der Waals surface area (Å²) in [5.74, 6) is 0.0858. The lowest BCUT2D eigenvalue weighted by atomic mass is 10.1. The predicted octanol–water partition coefficient (Wildman–Crippen LogP) is 1.20. The molecule has 2 saturated heterocycles. The van der Waals surface area contributed by atoms with Crippen LogP contribution in [0.3, 0.4) is 0 Å². The predicted molar refractivity (Wildman–Crippen MR) is 103 cm³/mol. The van der Waals surface area contributed by atoms with E-state index in [0.29, 0.717) is 26.2 Å². The van der Waals surface area contributed by atoms with E-state index in [2.05, 4.69) is 27.7 Å². The quantitative estimate of drug-likeness (QED) is 0.704. The Morgan fingerprint density at radius 1 is 1.19 bits per heavy atom. The van der Waals surface area contributed by atoms with Crippen LogP contribution < -0.4 is 10.6 Å². The number of likely N-dealkylation sites (tertiary alicyclic amines) is 1. The third-order valence-electron chi connectivity index (χ3n) is 5.10. The Hall–Kier alpha value is -2.12. The summed E-state index contributed by atoms with van der Waals surface area (Å²) in [6, 6.07) is 10.2. The first-order valence-electron chi connectivity index (χ1n) is 9.88. The van der Waals surface area contributed by atoms with Gasteiger partial charge in [-0.2, -0.15) is 0 Å². The summed E-state index contributed by atoms with van der Waals surface area (Å²) in [5.41, 5.74) is 1.18. The maximum Gasteiger partial charge on any atom is 0.317 e. The minimum absolute atomic E-state index is 0.00731. The molecule has 0 aliphatic carbocycles. The largest absolute Gasteiger partial charge is 0.373 e. The molecule has 1 aromatic rings. The van der Waals surface area contributed by atoms with Gasteiger partial charge in [-0.15, -0.1) is 0 Å². The number of benzene rings is 1. The SMILES string of the molecule is O=C1CN(CCCNC(=O)N2CCC(OCc3ccccc3)CC2)CCN1. The van der Waals surface area contributed by atoms with Crippen LogP contribution in [0.1, 0.15) is 24.8 Å². The zero-order valence-electron chi connectivity index (χ0n) is 15.9. The minimum atomic E-state index is 0.00731. The molecule has 27 heavy (non-hydrogen) atoms. The fraction of sp³-hybridized carbons (Fsp3) is 0.600. The van der Waals surface area contributed by atoms with Crippen molar-refractivity contribution in [2.24, 2.45) is 0 Å². The maximum absolute atomic E-state index is 12.3. The summed E-state index contributed by atoms with van der Waals surface area (Å²) in [7, 11) is 0. The summed E-state index contributed by atoms with van der Waals surface area (Å²) in [4.78, 5) is 27.6. The van der Waals surface area contributed by atoms with E-state index in [-0.39, 0.29) is 18.0 Å². The molecule has 148 valence electrons. The van der Waals surface area contributed by atoms with E-state index in [4.69, 9.17) is 4.74 Å². The van der Waals surface area contributed by atoms with Gasteiger partial charge in [0.05, 0.1) is 19.3 Å². The average Bonchev–Trinajstić information content (AvgIpc) is 2.71. The lowest BCUT2D eigenvalue weighted by Crippen LogP contribution is -2.49. The van der Waals surface area contributed by atoms with Crippen LogP contribution in [-0.2, 0) is 16.1 Å². The zero-order chi connectivity index (χ0) is 18.9. The van der Waals surface area contributed by atoms with E-state index in [1.165, 1.54) is 5.56 Å². The molecule has 0 bridgehead atoms. The van der Waals surface area contributed by atoms with Gasteiger partial charge in [-0.05, 0) is 24.8 Å². The summed E-state index contributed by atoms with van der Waals surface area (Å²) in [6.45, 7) is 5.64. The first-order valence-corrected chi connectivity index (χ1v) is 9.88. The van der Waals surface area contributed by atoms with Gasteiger partial charge in [-0.1, -0.05) is 30.3 Å². The van der Waals surface area contributed by atoms with Crippen LogP contribution in [0.4, 0.5) is 4.79 Å². The second-order valence-corrected chi connectivity index (χ2v) is 7.19. The number of carbonyl (C=O) groups excluding carboxylic acids is 2. The van der Waals surface area contributed by atoms with Crippen LogP contribution in [0.2, 0.25) is 0 Å². The summed E-state index contributed by atoms with van der Waals surface area (Å²) in [5, 5.41) is 5.81. The van der Waals surface area contributed by atoms with Crippen molar-refractivity contribution in [1.29, 1.82) is 0 Å². The Balaban J connectivity index is 1.26. The first-order chi connectivity index (χ1) is 13.2. The monoisotopic (exact) mass is 374 g/mol. The van der Waals surface area contributed by atoms with Crippen LogP contribution in [0.5, 0.6) is 0 Å². The Kier molecular flexibility index (Phi) is 7.47. The fourth-order valence-electron chi connectivity index (χ4n) is 3.51. The summed E-state index contributed by atoms with van der Waals surface area (Å²) in [6.07, 6.45) is 2.83. The Labute approximate surface area is 161 Å². The molecule has 7 nitrogen and oxygen atoms in total. The fourth-order valence-corrected chi connectivity index (χ4v) is 3.51. The molecular weight excluding hydrogens is 344 g/mol. The number of rotatable bonds is 7. The van der Waals surface area contributed by atoms with Gasteiger partial charge in [0.25, 0.3) is 0 Å². The van der Waals surface area contributed by atoms with Crippen LogP contribution in [-0.4, -0.2) is 73.7 Å². The highest BCUT2D eigenvalue weighted by molar-refractivity contribution is 5.78. The molecule has 2 aliphatic rings. The van der Waals surface area contributed by atoms with Crippen molar-refractivity contribution in [3.05, 3.63) is 35.9 Å². The second-order valence-electron chi connectivity index (χ2n) is 7.19. The molecular formula is C20H30N4O3. The first kappa shape index (κ1) is 19.6. The van der Waals surface area contributed by atoms with E-state index in [1.807, 2.05) is 23.1 Å². The average molecular weight is 374 g/mol. The molecule has 0 radical (unpaired) electrons. The van der Waals surface area contributed by atoms with Crippen LogP contribution >= 0.6 is 0 Å². The number of hydrogen-bond acceptors (Lipinski definition) is 4. The molecule has 2 heterocycles. The minimum Gasteiger partial charge on any atom is -0.373 e. The van der Waals surface area contributed by atoms with Crippen molar-refractivity contribution >= 4 is 11.9 Å². The van der Waals surface area contributed by atoms with E-state index >= 15 is 0 Å². The highest BCUT2D eigenvalue weighted by atomic mass is 16.5. The number of piperidine rings is 1. The molecule has 3 rings (SSSR count). The van der Waals surface area contributed by atoms with E-state index in [1.54, 1.807) is 0 Å². The molecule has 0 atom stereocenters. The van der Waals surface area contributed by atoms with Crippen molar-refractivity contribution in [3.63, 3.8) is 0 Å². The topological polar surface area (TPSA) is 73.9 Å². The van der Waals surface area contributed by atoms with Crippen molar-refractivity contribution in [3.8, 4) is 0 Å². The Morgan fingerprint density at radius 3 is 2.70 bits per heavy atom. The number of nitrogens with one attached hydrogen (secondary N) is 2. The normalized spacial score (nSPS) is 19.0. The van der Waals surface area contributed by atoms with Gasteiger partial charge in [-0.3, -0.25) is 9.69 Å². The summed E-state index contributed by atoms with van der Waals surface area (Å²) >= 11 is 0. The highest BCUT2D eigenvalue weighted by Crippen LogP contribution is 2.15.